The summed E-state index contributed by atoms with van der Waals surface area (Å²) >= 11 is 0. The van der Waals surface area contributed by atoms with E-state index in [0.29, 0.717) is 0 Å². The summed E-state index contributed by atoms with van der Waals surface area (Å²) in [6.45, 7) is 9.14. The zero-order valence-electron chi connectivity index (χ0n) is 12.4. The van der Waals surface area contributed by atoms with Crippen molar-refractivity contribution in [3.8, 4) is 0 Å². The molecule has 1 saturated heterocycles. The highest BCUT2D eigenvalue weighted by Gasteiger charge is 2.22. The zero-order chi connectivity index (χ0) is 14.0. The van der Waals surface area contributed by atoms with E-state index in [1.165, 1.54) is 29.4 Å². The Kier molecular flexibility index (Phi) is 3.77. The molecule has 20 heavy (non-hydrogen) atoms. The lowest BCUT2D eigenvalue weighted by Gasteiger charge is -2.31. The molecule has 0 radical (unpaired) electrons. The van der Waals surface area contributed by atoms with Crippen LogP contribution in [0.15, 0.2) is 42.5 Å². The number of hydrogen-bond donors (Lipinski definition) is 2. The van der Waals surface area contributed by atoms with E-state index in [0.717, 1.165) is 19.0 Å². The summed E-state index contributed by atoms with van der Waals surface area (Å²) in [5.41, 5.74) is 1.58. The molecule has 1 fully saturated rings. The normalized spacial score (nSPS) is 16.3. The van der Waals surface area contributed by atoms with Gasteiger partial charge in [-0.2, -0.15) is 0 Å². The quantitative estimate of drug-likeness (QED) is 0.871. The molecule has 2 aromatic carbocycles. The van der Waals surface area contributed by atoms with Gasteiger partial charge in [0, 0.05) is 31.6 Å². The number of fused-ring (bicyclic) bond motifs is 1. The Hall–Kier alpha value is -1.38. The first-order chi connectivity index (χ1) is 9.65. The van der Waals surface area contributed by atoms with E-state index in [4.69, 9.17) is 0 Å². The lowest BCUT2D eigenvalue weighted by molar-refractivity contribution is 0.319. The van der Waals surface area contributed by atoms with Gasteiger partial charge in [0.2, 0.25) is 0 Å². The molecule has 2 heteroatoms. The van der Waals surface area contributed by atoms with E-state index in [2.05, 4.69) is 66.9 Å². The molecule has 1 aliphatic heterocycles. The monoisotopic (exact) mass is 268 g/mol. The first-order valence-electron chi connectivity index (χ1n) is 7.56. The van der Waals surface area contributed by atoms with Crippen molar-refractivity contribution in [2.45, 2.75) is 19.3 Å². The van der Waals surface area contributed by atoms with Crippen LogP contribution in [-0.4, -0.2) is 26.2 Å². The fraction of sp³-hybridized carbons (Fsp3) is 0.444. The SMILES string of the molecule is CC(C)(CNCC1CNC1)c1ccc2ccccc2c1. The van der Waals surface area contributed by atoms with Crippen LogP contribution in [0.2, 0.25) is 0 Å². The third kappa shape index (κ3) is 2.87. The van der Waals surface area contributed by atoms with Crippen molar-refractivity contribution in [2.75, 3.05) is 26.2 Å². The second kappa shape index (κ2) is 5.55. The van der Waals surface area contributed by atoms with Crippen LogP contribution in [0.25, 0.3) is 10.8 Å². The summed E-state index contributed by atoms with van der Waals surface area (Å²) in [5, 5.41) is 9.61. The average Bonchev–Trinajstić information content (AvgIpc) is 2.41. The second-order valence-electron chi connectivity index (χ2n) is 6.60. The molecule has 0 unspecified atom stereocenters. The number of benzene rings is 2. The molecule has 0 amide bonds. The summed E-state index contributed by atoms with van der Waals surface area (Å²) in [6, 6.07) is 15.4. The van der Waals surface area contributed by atoms with Gasteiger partial charge in [-0.05, 0) is 22.3 Å². The van der Waals surface area contributed by atoms with Crippen LogP contribution in [0.5, 0.6) is 0 Å². The number of nitrogens with one attached hydrogen (secondary N) is 2. The molecule has 0 atom stereocenters. The minimum Gasteiger partial charge on any atom is -0.316 e. The van der Waals surface area contributed by atoms with Gasteiger partial charge >= 0.3 is 0 Å². The molecule has 0 spiro atoms. The van der Waals surface area contributed by atoms with Crippen molar-refractivity contribution in [3.05, 3.63) is 48.0 Å². The van der Waals surface area contributed by atoms with Crippen molar-refractivity contribution in [3.63, 3.8) is 0 Å². The number of rotatable bonds is 5. The molecular weight excluding hydrogens is 244 g/mol. The van der Waals surface area contributed by atoms with Gasteiger partial charge in [-0.15, -0.1) is 0 Å². The van der Waals surface area contributed by atoms with Crippen molar-refractivity contribution < 1.29 is 0 Å². The predicted octanol–water partition coefficient (Wildman–Crippen LogP) is 2.93. The molecule has 0 bridgehead atoms. The Morgan fingerprint density at radius 2 is 1.85 bits per heavy atom. The molecule has 0 aliphatic carbocycles. The number of hydrogen-bond acceptors (Lipinski definition) is 2. The average molecular weight is 268 g/mol. The molecule has 2 aromatic rings. The highest BCUT2D eigenvalue weighted by atomic mass is 15.0. The van der Waals surface area contributed by atoms with Gasteiger partial charge in [0.25, 0.3) is 0 Å². The highest BCUT2D eigenvalue weighted by molar-refractivity contribution is 5.83. The molecular formula is C18H24N2. The van der Waals surface area contributed by atoms with Gasteiger partial charge < -0.3 is 10.6 Å². The Bertz CT molecular complexity index is 585. The highest BCUT2D eigenvalue weighted by Crippen LogP contribution is 2.26. The summed E-state index contributed by atoms with van der Waals surface area (Å²) in [6.07, 6.45) is 0. The topological polar surface area (TPSA) is 24.1 Å². The maximum Gasteiger partial charge on any atom is 0.00433 e. The maximum absolute atomic E-state index is 3.63. The van der Waals surface area contributed by atoms with E-state index in [9.17, 15) is 0 Å². The third-order valence-corrected chi connectivity index (χ3v) is 4.40. The van der Waals surface area contributed by atoms with E-state index < -0.39 is 0 Å². The Labute approximate surface area is 121 Å². The third-order valence-electron chi connectivity index (χ3n) is 4.40. The van der Waals surface area contributed by atoms with Crippen LogP contribution < -0.4 is 10.6 Å². The molecule has 2 N–H and O–H groups in total. The van der Waals surface area contributed by atoms with Crippen LogP contribution in [-0.2, 0) is 5.41 Å². The molecule has 2 nitrogen and oxygen atoms in total. The fourth-order valence-corrected chi connectivity index (χ4v) is 2.79. The Morgan fingerprint density at radius 1 is 1.10 bits per heavy atom. The lowest BCUT2D eigenvalue weighted by Crippen LogP contribution is -2.48. The summed E-state index contributed by atoms with van der Waals surface area (Å²) < 4.78 is 0. The first-order valence-corrected chi connectivity index (χ1v) is 7.56. The van der Waals surface area contributed by atoms with Gasteiger partial charge in [-0.1, -0.05) is 56.3 Å². The fourth-order valence-electron chi connectivity index (χ4n) is 2.79. The van der Waals surface area contributed by atoms with Crippen LogP contribution in [0.3, 0.4) is 0 Å². The predicted molar refractivity (Wildman–Crippen MR) is 86.2 cm³/mol. The van der Waals surface area contributed by atoms with Crippen molar-refractivity contribution >= 4 is 10.8 Å². The van der Waals surface area contributed by atoms with E-state index in [-0.39, 0.29) is 5.41 Å². The minimum atomic E-state index is 0.168. The van der Waals surface area contributed by atoms with Crippen molar-refractivity contribution in [2.24, 2.45) is 5.92 Å². The molecule has 106 valence electrons. The standard InChI is InChI=1S/C18H24N2/c1-18(2,13-20-12-14-10-19-11-14)17-8-7-15-5-3-4-6-16(15)9-17/h3-9,14,19-20H,10-13H2,1-2H3. The Balaban J connectivity index is 1.70. The summed E-state index contributed by atoms with van der Waals surface area (Å²) in [5.74, 6) is 0.822. The first kappa shape index (κ1) is 13.6. The maximum atomic E-state index is 3.63. The van der Waals surface area contributed by atoms with E-state index >= 15 is 0 Å². The van der Waals surface area contributed by atoms with E-state index in [1.54, 1.807) is 0 Å². The van der Waals surface area contributed by atoms with Crippen LogP contribution in [0.4, 0.5) is 0 Å². The van der Waals surface area contributed by atoms with Crippen molar-refractivity contribution in [1.82, 2.24) is 10.6 Å². The van der Waals surface area contributed by atoms with Gasteiger partial charge in [0.1, 0.15) is 0 Å². The lowest BCUT2D eigenvalue weighted by atomic mass is 9.83. The molecule has 0 aromatic heterocycles. The van der Waals surface area contributed by atoms with E-state index in [1.807, 2.05) is 0 Å². The Morgan fingerprint density at radius 3 is 2.55 bits per heavy atom. The van der Waals surface area contributed by atoms with Gasteiger partial charge in [0.05, 0.1) is 0 Å². The van der Waals surface area contributed by atoms with Gasteiger partial charge in [-0.3, -0.25) is 0 Å². The van der Waals surface area contributed by atoms with Crippen LogP contribution >= 0.6 is 0 Å². The van der Waals surface area contributed by atoms with Gasteiger partial charge in [0.15, 0.2) is 0 Å². The van der Waals surface area contributed by atoms with Crippen LogP contribution in [0, 0.1) is 5.92 Å². The molecule has 3 rings (SSSR count). The summed E-state index contributed by atoms with van der Waals surface area (Å²) in [4.78, 5) is 0. The van der Waals surface area contributed by atoms with Crippen molar-refractivity contribution in [1.29, 1.82) is 0 Å². The molecule has 1 heterocycles. The molecule has 0 saturated carbocycles. The minimum absolute atomic E-state index is 0.168. The van der Waals surface area contributed by atoms with Gasteiger partial charge in [-0.25, -0.2) is 0 Å². The second-order valence-corrected chi connectivity index (χ2v) is 6.60. The smallest absolute Gasteiger partial charge is 0.00433 e. The molecule has 1 aliphatic rings. The summed E-state index contributed by atoms with van der Waals surface area (Å²) in [7, 11) is 0. The van der Waals surface area contributed by atoms with Crippen LogP contribution in [0.1, 0.15) is 19.4 Å². The zero-order valence-corrected chi connectivity index (χ0v) is 12.4. The largest absolute Gasteiger partial charge is 0.316 e.